The number of nitrogens with zero attached hydrogens (tertiary/aromatic N) is 1. The lowest BCUT2D eigenvalue weighted by Crippen LogP contribution is -2.61. The second-order valence-corrected chi connectivity index (χ2v) is 6.18. The zero-order valence-electron chi connectivity index (χ0n) is 13.8. The fraction of sp³-hybridized carbons (Fsp3) is 0.211. The minimum Gasteiger partial charge on any atom is -0.480 e. The quantitative estimate of drug-likeness (QED) is 0.732. The summed E-state index contributed by atoms with van der Waals surface area (Å²) in [7, 11) is 0. The van der Waals surface area contributed by atoms with Crippen LogP contribution in [0.5, 0.6) is 0 Å². The van der Waals surface area contributed by atoms with Crippen LogP contribution < -0.4 is 5.32 Å². The van der Waals surface area contributed by atoms with Crippen LogP contribution in [-0.4, -0.2) is 44.7 Å². The van der Waals surface area contributed by atoms with Crippen molar-refractivity contribution < 1.29 is 24.6 Å². The first-order chi connectivity index (χ1) is 12.4. The molecule has 7 heteroatoms. The van der Waals surface area contributed by atoms with Gasteiger partial charge in [0.25, 0.3) is 0 Å². The minimum absolute atomic E-state index is 0.00438. The third-order valence-electron chi connectivity index (χ3n) is 4.59. The molecule has 3 rings (SSSR count). The van der Waals surface area contributed by atoms with Crippen molar-refractivity contribution in [2.24, 2.45) is 0 Å². The summed E-state index contributed by atoms with van der Waals surface area (Å²) in [6.45, 7) is -0.00438. The summed E-state index contributed by atoms with van der Waals surface area (Å²) in [4.78, 5) is 37.6. The maximum atomic E-state index is 12.5. The highest BCUT2D eigenvalue weighted by Gasteiger charge is 2.61. The number of carbonyl (C=O) groups is 3. The lowest BCUT2D eigenvalue weighted by atomic mass is 9.83. The molecule has 1 aliphatic heterocycles. The molecule has 26 heavy (non-hydrogen) atoms. The van der Waals surface area contributed by atoms with Crippen molar-refractivity contribution >= 4 is 18.0 Å². The van der Waals surface area contributed by atoms with Crippen molar-refractivity contribution in [2.45, 2.75) is 24.5 Å². The maximum absolute atomic E-state index is 12.5. The molecule has 2 unspecified atom stereocenters. The van der Waals surface area contributed by atoms with Gasteiger partial charge >= 0.3 is 18.0 Å². The zero-order chi connectivity index (χ0) is 18.7. The molecule has 0 saturated carbocycles. The van der Waals surface area contributed by atoms with Crippen LogP contribution in [0, 0.1) is 0 Å². The number of amides is 2. The Labute approximate surface area is 149 Å². The summed E-state index contributed by atoms with van der Waals surface area (Å²) in [5.41, 5.74) is -0.580. The molecule has 0 spiro atoms. The third-order valence-corrected chi connectivity index (χ3v) is 4.59. The number of rotatable bonds is 6. The van der Waals surface area contributed by atoms with E-state index in [-0.39, 0.29) is 13.0 Å². The van der Waals surface area contributed by atoms with E-state index < -0.39 is 29.6 Å². The summed E-state index contributed by atoms with van der Waals surface area (Å²) in [5.74, 6) is -2.74. The summed E-state index contributed by atoms with van der Waals surface area (Å²) in [6, 6.07) is 15.3. The highest BCUT2D eigenvalue weighted by molar-refractivity contribution is 5.99. The zero-order valence-corrected chi connectivity index (χ0v) is 13.8. The molecule has 0 aliphatic carbocycles. The van der Waals surface area contributed by atoms with E-state index in [1.807, 2.05) is 6.07 Å². The number of benzene rings is 2. The number of hydrogen-bond donors (Lipinski definition) is 3. The molecular formula is C19H18N2O5. The summed E-state index contributed by atoms with van der Waals surface area (Å²) in [6.07, 6.45) is -0.119. The molecule has 7 nitrogen and oxygen atoms in total. The Bertz CT molecular complexity index is 824. The Balaban J connectivity index is 2.07. The van der Waals surface area contributed by atoms with E-state index in [0.717, 1.165) is 4.90 Å². The van der Waals surface area contributed by atoms with Gasteiger partial charge < -0.3 is 20.4 Å². The van der Waals surface area contributed by atoms with Crippen LogP contribution in [0.15, 0.2) is 60.7 Å². The van der Waals surface area contributed by atoms with E-state index in [1.165, 1.54) is 0 Å². The number of hydrogen-bond acceptors (Lipinski definition) is 3. The number of carbonyl (C=O) groups excluding carboxylic acids is 1. The summed E-state index contributed by atoms with van der Waals surface area (Å²) < 4.78 is 0. The van der Waals surface area contributed by atoms with E-state index in [9.17, 15) is 24.6 Å². The van der Waals surface area contributed by atoms with Crippen LogP contribution in [0.4, 0.5) is 4.79 Å². The molecule has 3 N–H and O–H groups in total. The van der Waals surface area contributed by atoms with Gasteiger partial charge in [-0.1, -0.05) is 60.7 Å². The van der Waals surface area contributed by atoms with Gasteiger partial charge in [-0.25, -0.2) is 14.4 Å². The molecule has 2 amide bonds. The van der Waals surface area contributed by atoms with Gasteiger partial charge in [-0.3, -0.25) is 0 Å². The van der Waals surface area contributed by atoms with E-state index >= 15 is 0 Å². The lowest BCUT2D eigenvalue weighted by molar-refractivity contribution is -0.156. The molecule has 2 atom stereocenters. The number of nitrogens with one attached hydrogen (secondary N) is 1. The molecule has 2 aromatic rings. The van der Waals surface area contributed by atoms with Crippen LogP contribution >= 0.6 is 0 Å². The molecule has 0 radical (unpaired) electrons. The molecular weight excluding hydrogens is 336 g/mol. The fourth-order valence-electron chi connectivity index (χ4n) is 3.32. The van der Waals surface area contributed by atoms with Gasteiger partial charge in [-0.2, -0.15) is 0 Å². The monoisotopic (exact) mass is 354 g/mol. The highest BCUT2D eigenvalue weighted by atomic mass is 16.4. The second kappa shape index (κ2) is 6.87. The lowest BCUT2D eigenvalue weighted by Gasteiger charge is -2.35. The predicted octanol–water partition coefficient (Wildman–Crippen LogP) is 1.73. The normalized spacial score (nSPS) is 22.1. The van der Waals surface area contributed by atoms with Gasteiger partial charge in [0.05, 0.1) is 0 Å². The number of urea groups is 1. The first-order valence-electron chi connectivity index (χ1n) is 8.07. The Hall–Kier alpha value is -3.35. The summed E-state index contributed by atoms with van der Waals surface area (Å²) >= 11 is 0. The van der Waals surface area contributed by atoms with E-state index in [0.29, 0.717) is 11.1 Å². The largest absolute Gasteiger partial charge is 0.480 e. The predicted molar refractivity (Wildman–Crippen MR) is 92.5 cm³/mol. The molecule has 1 saturated heterocycles. The first kappa shape index (κ1) is 17.5. The average Bonchev–Trinajstić information content (AvgIpc) is 2.91. The van der Waals surface area contributed by atoms with Crippen molar-refractivity contribution in [3.63, 3.8) is 0 Å². The smallest absolute Gasteiger partial charge is 0.332 e. The van der Waals surface area contributed by atoms with Gasteiger partial charge in [0.15, 0.2) is 11.6 Å². The maximum Gasteiger partial charge on any atom is 0.332 e. The first-order valence-corrected chi connectivity index (χ1v) is 8.07. The Morgan fingerprint density at radius 2 is 1.50 bits per heavy atom. The Morgan fingerprint density at radius 3 is 2.00 bits per heavy atom. The second-order valence-electron chi connectivity index (χ2n) is 6.18. The topological polar surface area (TPSA) is 107 Å². The van der Waals surface area contributed by atoms with Crippen molar-refractivity contribution in [3.8, 4) is 0 Å². The molecule has 2 aromatic carbocycles. The highest BCUT2D eigenvalue weighted by Crippen LogP contribution is 2.33. The Kier molecular flexibility index (Phi) is 4.62. The van der Waals surface area contributed by atoms with Crippen LogP contribution in [0.3, 0.4) is 0 Å². The van der Waals surface area contributed by atoms with Crippen LogP contribution in [0.25, 0.3) is 0 Å². The molecule has 0 aromatic heterocycles. The molecule has 0 bridgehead atoms. The van der Waals surface area contributed by atoms with Crippen molar-refractivity contribution in [3.05, 3.63) is 71.8 Å². The molecule has 1 fully saturated rings. The van der Waals surface area contributed by atoms with Gasteiger partial charge in [-0.05, 0) is 11.1 Å². The van der Waals surface area contributed by atoms with Crippen molar-refractivity contribution in [1.29, 1.82) is 0 Å². The number of carboxylic acid groups (broad SMARTS) is 2. The van der Waals surface area contributed by atoms with Crippen LogP contribution in [0.1, 0.15) is 11.1 Å². The number of aliphatic carboxylic acids is 2. The SMILES string of the molecule is O=C(O)C1NC(=O)N(Cc2ccccc2)C1(Cc1ccccc1)C(=O)O. The molecule has 134 valence electrons. The minimum atomic E-state index is -1.93. The van der Waals surface area contributed by atoms with Gasteiger partial charge in [0.2, 0.25) is 0 Å². The average molecular weight is 354 g/mol. The van der Waals surface area contributed by atoms with Crippen molar-refractivity contribution in [2.75, 3.05) is 0 Å². The summed E-state index contributed by atoms with van der Waals surface area (Å²) in [5, 5.41) is 21.9. The third kappa shape index (κ3) is 2.99. The van der Waals surface area contributed by atoms with E-state index in [1.54, 1.807) is 54.6 Å². The van der Waals surface area contributed by atoms with Gasteiger partial charge in [-0.15, -0.1) is 0 Å². The Morgan fingerprint density at radius 1 is 0.962 bits per heavy atom. The fourth-order valence-corrected chi connectivity index (χ4v) is 3.32. The standard InChI is InChI=1S/C19H18N2O5/c22-16(23)15-19(17(24)25,11-13-7-3-1-4-8-13)21(18(26)20-15)12-14-9-5-2-6-10-14/h1-10,15H,11-12H2,(H,20,26)(H,22,23)(H,24,25). The van der Waals surface area contributed by atoms with Crippen LogP contribution in [-0.2, 0) is 22.6 Å². The van der Waals surface area contributed by atoms with Crippen LogP contribution in [0.2, 0.25) is 0 Å². The van der Waals surface area contributed by atoms with Gasteiger partial charge in [0, 0.05) is 13.0 Å². The van der Waals surface area contributed by atoms with Crippen molar-refractivity contribution in [1.82, 2.24) is 10.2 Å². The molecule has 1 aliphatic rings. The number of carboxylic acids is 2. The van der Waals surface area contributed by atoms with E-state index in [2.05, 4.69) is 5.32 Å². The van der Waals surface area contributed by atoms with Gasteiger partial charge in [0.1, 0.15) is 0 Å². The molecule has 1 heterocycles. The van der Waals surface area contributed by atoms with E-state index in [4.69, 9.17) is 0 Å².